The molecule has 0 unspecified atom stereocenters. The predicted molar refractivity (Wildman–Crippen MR) is 111 cm³/mol. The number of nitrogens with zero attached hydrogens (tertiary/aromatic N) is 1. The zero-order valence-electron chi connectivity index (χ0n) is 16.7. The summed E-state index contributed by atoms with van der Waals surface area (Å²) in [5.74, 6) is 0.790. The highest BCUT2D eigenvalue weighted by Crippen LogP contribution is 2.27. The van der Waals surface area contributed by atoms with E-state index in [0.717, 1.165) is 37.5 Å². The van der Waals surface area contributed by atoms with E-state index in [4.69, 9.17) is 4.74 Å². The smallest absolute Gasteiger partial charge is 0.254 e. The van der Waals surface area contributed by atoms with Crippen molar-refractivity contribution >= 4 is 5.91 Å². The van der Waals surface area contributed by atoms with Crippen molar-refractivity contribution in [3.63, 3.8) is 0 Å². The van der Waals surface area contributed by atoms with Gasteiger partial charge < -0.3 is 10.1 Å². The van der Waals surface area contributed by atoms with Crippen molar-refractivity contribution in [1.82, 2.24) is 10.2 Å². The second kappa shape index (κ2) is 8.89. The lowest BCUT2D eigenvalue weighted by Crippen LogP contribution is -2.34. The molecule has 148 valence electrons. The molecule has 1 atom stereocenters. The average Bonchev–Trinajstić information content (AvgIpc) is 2.74. The lowest BCUT2D eigenvalue weighted by atomic mass is 9.97. The normalized spacial score (nSPS) is 20.5. The van der Waals surface area contributed by atoms with E-state index in [1.165, 1.54) is 29.5 Å². The van der Waals surface area contributed by atoms with Crippen LogP contribution in [0.2, 0.25) is 0 Å². The van der Waals surface area contributed by atoms with Crippen molar-refractivity contribution in [1.29, 1.82) is 0 Å². The largest absolute Gasteiger partial charge is 0.363 e. The Morgan fingerprint density at radius 3 is 2.61 bits per heavy atom. The number of hydrogen-bond donors (Lipinski definition) is 1. The molecule has 0 bridgehead atoms. The van der Waals surface area contributed by atoms with E-state index in [2.05, 4.69) is 47.5 Å². The van der Waals surface area contributed by atoms with Crippen LogP contribution in [0.3, 0.4) is 0 Å². The van der Waals surface area contributed by atoms with Gasteiger partial charge in [-0.15, -0.1) is 0 Å². The van der Waals surface area contributed by atoms with Gasteiger partial charge in [0.2, 0.25) is 0 Å². The first-order chi connectivity index (χ1) is 13.7. The van der Waals surface area contributed by atoms with E-state index in [0.29, 0.717) is 13.2 Å². The van der Waals surface area contributed by atoms with E-state index >= 15 is 0 Å². The molecule has 2 heterocycles. The Bertz CT molecular complexity index is 812. The number of nitrogens with one attached hydrogen (secondary N) is 1. The maximum atomic E-state index is 12.8. The Hall–Kier alpha value is -2.17. The fourth-order valence-electron chi connectivity index (χ4n) is 4.23. The summed E-state index contributed by atoms with van der Waals surface area (Å²) in [4.78, 5) is 15.4. The summed E-state index contributed by atoms with van der Waals surface area (Å²) in [5, 5.41) is 3.11. The molecule has 28 heavy (non-hydrogen) atoms. The van der Waals surface area contributed by atoms with Crippen LogP contribution in [0, 0.1) is 5.92 Å². The highest BCUT2D eigenvalue weighted by molar-refractivity contribution is 5.82. The molecule has 2 aliphatic heterocycles. The quantitative estimate of drug-likeness (QED) is 0.859. The van der Waals surface area contributed by atoms with E-state index in [9.17, 15) is 4.79 Å². The lowest BCUT2D eigenvalue weighted by Gasteiger charge is -2.30. The van der Waals surface area contributed by atoms with Gasteiger partial charge in [-0.3, -0.25) is 9.69 Å². The molecule has 0 saturated carbocycles. The first-order valence-electron chi connectivity index (χ1n) is 10.5. The van der Waals surface area contributed by atoms with E-state index < -0.39 is 6.10 Å². The second-order valence-electron chi connectivity index (χ2n) is 8.14. The first kappa shape index (κ1) is 19.2. The van der Waals surface area contributed by atoms with Crippen LogP contribution in [0.15, 0.2) is 48.5 Å². The Balaban J connectivity index is 1.39. The molecule has 1 N–H and O–H groups in total. The molecule has 0 radical (unpaired) electrons. The summed E-state index contributed by atoms with van der Waals surface area (Å²) in [7, 11) is 0. The first-order valence-corrected chi connectivity index (χ1v) is 10.5. The number of likely N-dealkylation sites (tertiary alicyclic amines) is 1. The molecule has 1 fully saturated rings. The summed E-state index contributed by atoms with van der Waals surface area (Å²) in [5.41, 5.74) is 4.72. The molecule has 1 amide bonds. The minimum atomic E-state index is -0.499. The Labute approximate surface area is 167 Å². The number of fused-ring (bicyclic) bond motifs is 1. The van der Waals surface area contributed by atoms with Gasteiger partial charge in [-0.1, -0.05) is 55.5 Å². The number of carbonyl (C=O) groups excluding carboxylic acids is 1. The van der Waals surface area contributed by atoms with Crippen molar-refractivity contribution in [2.24, 2.45) is 5.92 Å². The molecule has 4 nitrogen and oxygen atoms in total. The lowest BCUT2D eigenvalue weighted by molar-refractivity contribution is -0.134. The highest BCUT2D eigenvalue weighted by atomic mass is 16.5. The number of benzene rings is 2. The van der Waals surface area contributed by atoms with Gasteiger partial charge in [-0.25, -0.2) is 0 Å². The van der Waals surface area contributed by atoms with Crippen molar-refractivity contribution in [3.05, 3.63) is 70.8 Å². The minimum absolute atomic E-state index is 0.0475. The van der Waals surface area contributed by atoms with Gasteiger partial charge in [-0.05, 0) is 60.5 Å². The standard InChI is InChI=1S/C24H30N2O2/c1-18-10-13-26(14-11-18)17-21-8-3-2-7-20(21)16-25-24(27)23-22-9-5-4-6-19(22)12-15-28-23/h2-9,18,23H,10-17H2,1H3,(H,25,27)/t23-/m1/s1. The van der Waals surface area contributed by atoms with Gasteiger partial charge in [0, 0.05) is 13.1 Å². The molecule has 2 aliphatic rings. The molecule has 0 aliphatic carbocycles. The van der Waals surface area contributed by atoms with Gasteiger partial charge in [-0.2, -0.15) is 0 Å². The minimum Gasteiger partial charge on any atom is -0.363 e. The van der Waals surface area contributed by atoms with Crippen LogP contribution in [0.4, 0.5) is 0 Å². The maximum Gasteiger partial charge on any atom is 0.254 e. The monoisotopic (exact) mass is 378 g/mol. The second-order valence-corrected chi connectivity index (χ2v) is 8.14. The van der Waals surface area contributed by atoms with Crippen LogP contribution in [-0.2, 0) is 29.0 Å². The van der Waals surface area contributed by atoms with Crippen LogP contribution in [-0.4, -0.2) is 30.5 Å². The third-order valence-electron chi connectivity index (χ3n) is 6.07. The van der Waals surface area contributed by atoms with E-state index in [1.54, 1.807) is 0 Å². The number of ether oxygens (including phenoxy) is 1. The zero-order valence-corrected chi connectivity index (χ0v) is 16.7. The van der Waals surface area contributed by atoms with Crippen LogP contribution in [0.5, 0.6) is 0 Å². The molecule has 1 saturated heterocycles. The predicted octanol–water partition coefficient (Wildman–Crippen LogP) is 3.85. The molecular weight excluding hydrogens is 348 g/mol. The number of hydrogen-bond acceptors (Lipinski definition) is 3. The Morgan fingerprint density at radius 2 is 1.79 bits per heavy atom. The molecule has 2 aromatic rings. The van der Waals surface area contributed by atoms with Gasteiger partial charge in [0.15, 0.2) is 6.10 Å². The number of piperidine rings is 1. The van der Waals surface area contributed by atoms with Gasteiger partial charge >= 0.3 is 0 Å². The third-order valence-corrected chi connectivity index (χ3v) is 6.07. The van der Waals surface area contributed by atoms with Gasteiger partial charge in [0.05, 0.1) is 6.61 Å². The van der Waals surface area contributed by atoms with Crippen molar-refractivity contribution in [3.8, 4) is 0 Å². The number of carbonyl (C=O) groups is 1. The SMILES string of the molecule is CC1CCN(Cc2ccccc2CNC(=O)[C@@H]2OCCc3ccccc32)CC1. The summed E-state index contributed by atoms with van der Waals surface area (Å²) in [6, 6.07) is 16.5. The zero-order chi connectivity index (χ0) is 19.3. The van der Waals surface area contributed by atoms with Crippen molar-refractivity contribution in [2.75, 3.05) is 19.7 Å². The molecule has 0 aromatic heterocycles. The Kier molecular flexibility index (Phi) is 6.08. The summed E-state index contributed by atoms with van der Waals surface area (Å²) < 4.78 is 5.80. The fraction of sp³-hybridized carbons (Fsp3) is 0.458. The number of rotatable bonds is 5. The highest BCUT2D eigenvalue weighted by Gasteiger charge is 2.27. The topological polar surface area (TPSA) is 41.6 Å². The van der Waals surface area contributed by atoms with Crippen molar-refractivity contribution < 1.29 is 9.53 Å². The van der Waals surface area contributed by atoms with E-state index in [-0.39, 0.29) is 5.91 Å². The average molecular weight is 379 g/mol. The maximum absolute atomic E-state index is 12.8. The molecule has 4 heteroatoms. The van der Waals surface area contributed by atoms with Gasteiger partial charge in [0.25, 0.3) is 5.91 Å². The fourth-order valence-corrected chi connectivity index (χ4v) is 4.23. The van der Waals surface area contributed by atoms with E-state index in [1.807, 2.05) is 18.2 Å². The summed E-state index contributed by atoms with van der Waals surface area (Å²) in [6.45, 7) is 6.76. The van der Waals surface area contributed by atoms with Crippen LogP contribution in [0.25, 0.3) is 0 Å². The molecular formula is C24H30N2O2. The van der Waals surface area contributed by atoms with Crippen LogP contribution >= 0.6 is 0 Å². The van der Waals surface area contributed by atoms with Gasteiger partial charge in [0.1, 0.15) is 0 Å². The summed E-state index contributed by atoms with van der Waals surface area (Å²) >= 11 is 0. The van der Waals surface area contributed by atoms with Crippen LogP contribution < -0.4 is 5.32 Å². The van der Waals surface area contributed by atoms with Crippen LogP contribution in [0.1, 0.15) is 48.1 Å². The summed E-state index contributed by atoms with van der Waals surface area (Å²) in [6.07, 6.45) is 2.92. The number of amides is 1. The molecule has 4 rings (SSSR count). The molecule has 0 spiro atoms. The molecule has 2 aromatic carbocycles. The van der Waals surface area contributed by atoms with Crippen molar-refractivity contribution in [2.45, 2.75) is 45.4 Å². The Morgan fingerprint density at radius 1 is 1.07 bits per heavy atom. The third kappa shape index (κ3) is 4.45.